The quantitative estimate of drug-likeness (QED) is 0.437. The minimum absolute atomic E-state index is 0.201. The van der Waals surface area contributed by atoms with Crippen LogP contribution in [-0.2, 0) is 10.0 Å². The maximum atomic E-state index is 12.0. The lowest BCUT2D eigenvalue weighted by Crippen LogP contribution is -2.26. The first kappa shape index (κ1) is 16.0. The Labute approximate surface area is 119 Å². The van der Waals surface area contributed by atoms with E-state index in [-0.39, 0.29) is 11.4 Å². The molecule has 1 rings (SSSR count). The summed E-state index contributed by atoms with van der Waals surface area (Å²) in [4.78, 5) is 9.81. The van der Waals surface area contributed by atoms with Crippen molar-refractivity contribution in [3.05, 3.63) is 32.8 Å². The number of unbranched alkanes of at least 4 members (excludes halogenated alkanes) is 1. The molecular weight excluding hydrogens is 338 g/mol. The van der Waals surface area contributed by atoms with Gasteiger partial charge in [-0.15, -0.1) is 0 Å². The molecule has 0 saturated heterocycles. The minimum Gasteiger partial charge on any atom is -0.330 e. The molecule has 0 aromatic heterocycles. The molecule has 0 aliphatic heterocycles. The van der Waals surface area contributed by atoms with Gasteiger partial charge in [0.1, 0.15) is 0 Å². The van der Waals surface area contributed by atoms with Crippen molar-refractivity contribution >= 4 is 31.6 Å². The van der Waals surface area contributed by atoms with Crippen LogP contribution >= 0.6 is 15.9 Å². The van der Waals surface area contributed by atoms with E-state index in [2.05, 4.69) is 20.7 Å². The van der Waals surface area contributed by atoms with Crippen LogP contribution in [0.1, 0.15) is 12.8 Å². The van der Waals surface area contributed by atoms with Gasteiger partial charge in [0, 0.05) is 17.1 Å². The largest absolute Gasteiger partial charge is 0.330 e. The van der Waals surface area contributed by atoms with Crippen LogP contribution in [-0.4, -0.2) is 26.4 Å². The second-order valence-corrected chi connectivity index (χ2v) is 6.41. The summed E-state index contributed by atoms with van der Waals surface area (Å²) in [5.41, 5.74) is 4.84. The van der Waals surface area contributed by atoms with E-state index in [1.54, 1.807) is 0 Å². The fourth-order valence-electron chi connectivity index (χ4n) is 1.41. The minimum atomic E-state index is -3.89. The average molecular weight is 352 g/mol. The number of nitrogens with one attached hydrogen (secondary N) is 1. The lowest BCUT2D eigenvalue weighted by atomic mass is 10.3. The summed E-state index contributed by atoms with van der Waals surface area (Å²) in [5, 5.41) is 10.9. The molecule has 3 N–H and O–H groups in total. The van der Waals surface area contributed by atoms with Crippen molar-refractivity contribution in [1.29, 1.82) is 0 Å². The monoisotopic (exact) mass is 351 g/mol. The first-order chi connectivity index (χ1) is 8.88. The van der Waals surface area contributed by atoms with Gasteiger partial charge in [-0.3, -0.25) is 10.1 Å². The molecule has 0 heterocycles. The van der Waals surface area contributed by atoms with E-state index in [1.807, 2.05) is 0 Å². The second-order valence-electron chi connectivity index (χ2n) is 3.76. The first-order valence-electron chi connectivity index (χ1n) is 5.52. The molecule has 1 aromatic carbocycles. The van der Waals surface area contributed by atoms with Crippen LogP contribution in [0, 0.1) is 10.1 Å². The van der Waals surface area contributed by atoms with Crippen LogP contribution in [0.15, 0.2) is 27.6 Å². The molecule has 0 radical (unpaired) electrons. The van der Waals surface area contributed by atoms with Gasteiger partial charge in [-0.25, -0.2) is 13.1 Å². The van der Waals surface area contributed by atoms with Gasteiger partial charge in [-0.05, 0) is 31.5 Å². The van der Waals surface area contributed by atoms with Crippen molar-refractivity contribution in [1.82, 2.24) is 4.72 Å². The van der Waals surface area contributed by atoms with E-state index in [9.17, 15) is 18.5 Å². The number of benzene rings is 1. The third-order valence-corrected chi connectivity index (χ3v) is 4.33. The zero-order valence-corrected chi connectivity index (χ0v) is 12.4. The van der Waals surface area contributed by atoms with Crippen molar-refractivity contribution in [2.75, 3.05) is 13.1 Å². The van der Waals surface area contributed by atoms with Gasteiger partial charge in [0.15, 0.2) is 4.90 Å². The normalized spacial score (nSPS) is 11.5. The zero-order valence-electron chi connectivity index (χ0n) is 10.0. The van der Waals surface area contributed by atoms with E-state index in [4.69, 9.17) is 5.73 Å². The molecule has 0 aliphatic rings. The first-order valence-corrected chi connectivity index (χ1v) is 7.80. The Hall–Kier alpha value is -1.03. The number of halogens is 1. The topological polar surface area (TPSA) is 115 Å². The molecule has 0 fully saturated rings. The molecule has 0 bridgehead atoms. The van der Waals surface area contributed by atoms with Crippen molar-refractivity contribution in [2.24, 2.45) is 5.73 Å². The number of hydrogen-bond donors (Lipinski definition) is 2. The Morgan fingerprint density at radius 1 is 1.37 bits per heavy atom. The summed E-state index contributed by atoms with van der Waals surface area (Å²) in [5.74, 6) is 0. The van der Waals surface area contributed by atoms with E-state index in [0.29, 0.717) is 23.9 Å². The maximum absolute atomic E-state index is 12.0. The number of nitrogens with two attached hydrogens (primary N) is 1. The van der Waals surface area contributed by atoms with Crippen molar-refractivity contribution in [3.8, 4) is 0 Å². The Balaban J connectivity index is 2.98. The van der Waals surface area contributed by atoms with Gasteiger partial charge < -0.3 is 5.73 Å². The summed E-state index contributed by atoms with van der Waals surface area (Å²) in [6.07, 6.45) is 1.27. The highest BCUT2D eigenvalue weighted by Crippen LogP contribution is 2.27. The van der Waals surface area contributed by atoms with Gasteiger partial charge in [0.2, 0.25) is 10.0 Å². The van der Waals surface area contributed by atoms with E-state index >= 15 is 0 Å². The third-order valence-electron chi connectivity index (χ3n) is 2.33. The Morgan fingerprint density at radius 2 is 2.05 bits per heavy atom. The Morgan fingerprint density at radius 3 is 2.63 bits per heavy atom. The highest BCUT2D eigenvalue weighted by Gasteiger charge is 2.25. The van der Waals surface area contributed by atoms with Gasteiger partial charge >= 0.3 is 0 Å². The predicted molar refractivity (Wildman–Crippen MR) is 74.3 cm³/mol. The second kappa shape index (κ2) is 6.94. The van der Waals surface area contributed by atoms with Gasteiger partial charge in [0.05, 0.1) is 4.92 Å². The van der Waals surface area contributed by atoms with Crippen LogP contribution < -0.4 is 10.5 Å². The maximum Gasteiger partial charge on any atom is 0.290 e. The van der Waals surface area contributed by atoms with Crippen LogP contribution in [0.5, 0.6) is 0 Å². The van der Waals surface area contributed by atoms with Crippen LogP contribution in [0.4, 0.5) is 5.69 Å². The Bertz CT molecular complexity index is 562. The third kappa shape index (κ3) is 4.53. The molecule has 0 aliphatic carbocycles. The number of nitrogens with zero attached hydrogens (tertiary/aromatic N) is 1. The number of nitro groups is 1. The van der Waals surface area contributed by atoms with E-state index in [1.165, 1.54) is 12.1 Å². The smallest absolute Gasteiger partial charge is 0.290 e. The summed E-state index contributed by atoms with van der Waals surface area (Å²) >= 11 is 3.07. The lowest BCUT2D eigenvalue weighted by molar-refractivity contribution is -0.387. The average Bonchev–Trinajstić information content (AvgIpc) is 2.34. The predicted octanol–water partition coefficient (Wildman–Crippen LogP) is 1.37. The van der Waals surface area contributed by atoms with Crippen LogP contribution in [0.2, 0.25) is 0 Å². The number of hydrogen-bond acceptors (Lipinski definition) is 5. The van der Waals surface area contributed by atoms with Crippen LogP contribution in [0.25, 0.3) is 0 Å². The van der Waals surface area contributed by atoms with E-state index < -0.39 is 20.6 Å². The molecule has 0 unspecified atom stereocenters. The summed E-state index contributed by atoms with van der Waals surface area (Å²) in [6.45, 7) is 0.674. The standard InChI is InChI=1S/C10H14BrN3O4S/c11-8-3-4-10(9(7-8)14(15)16)19(17,18)13-6-2-1-5-12/h3-4,7,13H,1-2,5-6,12H2. The fourth-order valence-corrected chi connectivity index (χ4v) is 2.99. The van der Waals surface area contributed by atoms with Crippen molar-refractivity contribution < 1.29 is 13.3 Å². The molecule has 0 amide bonds. The summed E-state index contributed by atoms with van der Waals surface area (Å²) < 4.78 is 26.7. The molecule has 7 nitrogen and oxygen atoms in total. The molecule has 1 aromatic rings. The van der Waals surface area contributed by atoms with Crippen LogP contribution in [0.3, 0.4) is 0 Å². The van der Waals surface area contributed by atoms with Crippen molar-refractivity contribution in [2.45, 2.75) is 17.7 Å². The molecule has 19 heavy (non-hydrogen) atoms. The van der Waals surface area contributed by atoms with Crippen molar-refractivity contribution in [3.63, 3.8) is 0 Å². The molecule has 106 valence electrons. The molecule has 0 saturated carbocycles. The number of sulfonamides is 1. The molecule has 0 atom stereocenters. The number of nitro benzene ring substituents is 1. The zero-order chi connectivity index (χ0) is 14.5. The molecule has 9 heteroatoms. The van der Waals surface area contributed by atoms with E-state index in [0.717, 1.165) is 6.07 Å². The SMILES string of the molecule is NCCCCNS(=O)(=O)c1ccc(Br)cc1[N+](=O)[O-]. The fraction of sp³-hybridized carbons (Fsp3) is 0.400. The summed E-state index contributed by atoms with van der Waals surface area (Å²) in [6, 6.07) is 3.81. The molecule has 0 spiro atoms. The number of rotatable bonds is 7. The highest BCUT2D eigenvalue weighted by molar-refractivity contribution is 9.10. The van der Waals surface area contributed by atoms with Gasteiger partial charge in [0.25, 0.3) is 5.69 Å². The highest BCUT2D eigenvalue weighted by atomic mass is 79.9. The summed E-state index contributed by atoms with van der Waals surface area (Å²) in [7, 11) is -3.89. The lowest BCUT2D eigenvalue weighted by Gasteiger charge is -2.07. The Kier molecular flexibility index (Phi) is 5.85. The van der Waals surface area contributed by atoms with Gasteiger partial charge in [-0.2, -0.15) is 0 Å². The van der Waals surface area contributed by atoms with Gasteiger partial charge in [-0.1, -0.05) is 15.9 Å². The molecular formula is C10H14BrN3O4S.